The predicted octanol–water partition coefficient (Wildman–Crippen LogP) is 5.27. The minimum atomic E-state index is -1.44. The van der Waals surface area contributed by atoms with Crippen LogP contribution in [0.1, 0.15) is 71.1 Å². The van der Waals surface area contributed by atoms with Crippen molar-refractivity contribution in [3.63, 3.8) is 0 Å². The Balaban J connectivity index is 1.20. The second-order valence-corrected chi connectivity index (χ2v) is 15.1. The van der Waals surface area contributed by atoms with Gasteiger partial charge < -0.3 is 40.2 Å². The fraction of sp³-hybridized carbons (Fsp3) is 0.526. The molecule has 1 aromatic carbocycles. The summed E-state index contributed by atoms with van der Waals surface area (Å²) in [6.07, 6.45) is 8.75. The van der Waals surface area contributed by atoms with E-state index in [1.165, 1.54) is 16.2 Å². The number of alkyl carbamates (subject to hydrolysis) is 1. The number of carboxylic acid groups (broad SMARTS) is 1. The summed E-state index contributed by atoms with van der Waals surface area (Å²) in [4.78, 5) is 65.1. The molecular formula is C38H46N6O8S. The van der Waals surface area contributed by atoms with Gasteiger partial charge in [0.2, 0.25) is 11.8 Å². The van der Waals surface area contributed by atoms with E-state index in [0.717, 1.165) is 50.2 Å². The van der Waals surface area contributed by atoms with E-state index in [2.05, 4.69) is 20.9 Å². The molecule has 4 heterocycles. The van der Waals surface area contributed by atoms with Gasteiger partial charge in [-0.25, -0.2) is 19.6 Å². The zero-order chi connectivity index (χ0) is 37.1. The summed E-state index contributed by atoms with van der Waals surface area (Å²) < 4.78 is 17.7. The van der Waals surface area contributed by atoms with Gasteiger partial charge in [0.1, 0.15) is 47.0 Å². The van der Waals surface area contributed by atoms with E-state index in [4.69, 9.17) is 19.2 Å². The van der Waals surface area contributed by atoms with Crippen LogP contribution in [0.4, 0.5) is 9.93 Å². The highest BCUT2D eigenvalue weighted by atomic mass is 32.1. The van der Waals surface area contributed by atoms with E-state index >= 15 is 0 Å². The number of benzene rings is 1. The Morgan fingerprint density at radius 1 is 1.08 bits per heavy atom. The molecule has 4 N–H and O–H groups in total. The SMILES string of the molecule is CCNc1nc(-c2cc(O[C@@H]3C[C@H]4C(=O)NC5(C(=O)O)CC5/C=C\CCCCC[C@H](NC(=O)OC5CCC5)C(=O)N4C3)c3ccc(OC)cc3n2)cs1. The molecule has 15 heteroatoms. The average molecular weight is 747 g/mol. The lowest BCUT2D eigenvalue weighted by molar-refractivity contribution is -0.145. The molecule has 5 atom stereocenters. The number of fused-ring (bicyclic) bond motifs is 3. The second kappa shape index (κ2) is 15.6. The molecule has 3 amide bonds. The van der Waals surface area contributed by atoms with E-state index < -0.39 is 47.6 Å². The molecule has 0 spiro atoms. The molecule has 2 aliphatic heterocycles. The maximum atomic E-state index is 14.5. The zero-order valence-corrected chi connectivity index (χ0v) is 30.8. The van der Waals surface area contributed by atoms with Gasteiger partial charge in [0.05, 0.1) is 24.9 Å². The van der Waals surface area contributed by atoms with E-state index in [1.54, 1.807) is 13.2 Å². The summed E-state index contributed by atoms with van der Waals surface area (Å²) in [5.74, 6) is -1.37. The molecule has 0 radical (unpaired) electrons. The molecule has 7 rings (SSSR count). The normalized spacial score (nSPS) is 26.9. The number of thiazole rings is 1. The summed E-state index contributed by atoms with van der Waals surface area (Å²) in [7, 11) is 1.58. The standard InChI is InChI=1S/C38H46N6O8S/c1-3-39-36-41-30(21-53-36)29-18-32(26-15-14-24(50-2)16-28(26)40-29)51-25-17-31-33(45)43-38(35(47)48)19-22(38)10-7-5-4-6-8-13-27(34(46)44(31)20-25)42-37(49)52-23-11-9-12-23/h7,10,14-16,18,21-23,25,27,31H,3-6,8-9,11-13,17,19-20H2,1-2H3,(H,39,41)(H,42,49)(H,43,45)(H,47,48)/b10-7-/t22?,25-,27+,31+,38?/m1/s1. The molecule has 2 aliphatic carbocycles. The number of carboxylic acids is 1. The maximum Gasteiger partial charge on any atom is 0.408 e. The van der Waals surface area contributed by atoms with Gasteiger partial charge in [0, 0.05) is 41.8 Å². The van der Waals surface area contributed by atoms with Crippen LogP contribution in [0.2, 0.25) is 0 Å². The number of anilines is 1. The molecule has 1 saturated heterocycles. The zero-order valence-electron chi connectivity index (χ0n) is 30.0. The van der Waals surface area contributed by atoms with Gasteiger partial charge >= 0.3 is 12.1 Å². The van der Waals surface area contributed by atoms with Gasteiger partial charge in [-0.05, 0) is 64.0 Å². The van der Waals surface area contributed by atoms with E-state index in [0.29, 0.717) is 46.6 Å². The number of hydrogen-bond acceptors (Lipinski definition) is 11. The first kappa shape index (κ1) is 36.4. The Hall–Kier alpha value is -4.92. The second-order valence-electron chi connectivity index (χ2n) is 14.2. The fourth-order valence-corrected chi connectivity index (χ4v) is 8.07. The Morgan fingerprint density at radius 3 is 2.68 bits per heavy atom. The lowest BCUT2D eigenvalue weighted by atomic mass is 9.96. The molecular weight excluding hydrogens is 701 g/mol. The molecule has 282 valence electrons. The topological polar surface area (TPSA) is 181 Å². The largest absolute Gasteiger partial charge is 0.497 e. The van der Waals surface area contributed by atoms with Crippen LogP contribution in [-0.2, 0) is 19.1 Å². The van der Waals surface area contributed by atoms with Gasteiger partial charge in [-0.2, -0.15) is 0 Å². The van der Waals surface area contributed by atoms with Gasteiger partial charge in [0.15, 0.2) is 5.13 Å². The number of allylic oxidation sites excluding steroid dienone is 1. The summed E-state index contributed by atoms with van der Waals surface area (Å²) in [5.41, 5.74) is 0.402. The summed E-state index contributed by atoms with van der Waals surface area (Å²) in [6, 6.07) is 5.30. The van der Waals surface area contributed by atoms with Crippen molar-refractivity contribution in [2.45, 2.75) is 101 Å². The van der Waals surface area contributed by atoms with Gasteiger partial charge in [-0.1, -0.05) is 25.0 Å². The van der Waals surface area contributed by atoms with Crippen LogP contribution in [0.5, 0.6) is 11.5 Å². The summed E-state index contributed by atoms with van der Waals surface area (Å²) in [6.45, 7) is 2.75. The van der Waals surface area contributed by atoms with Crippen molar-refractivity contribution >= 4 is 51.2 Å². The molecule has 53 heavy (non-hydrogen) atoms. The summed E-state index contributed by atoms with van der Waals surface area (Å²) in [5, 5.41) is 22.4. The quantitative estimate of drug-likeness (QED) is 0.209. The molecule has 3 aromatic rings. The first-order valence-electron chi connectivity index (χ1n) is 18.5. The van der Waals surface area contributed by atoms with Crippen molar-refractivity contribution in [3.05, 3.63) is 41.8 Å². The Labute approximate surface area is 311 Å². The van der Waals surface area contributed by atoms with Crippen molar-refractivity contribution in [3.8, 4) is 22.9 Å². The third-order valence-electron chi connectivity index (χ3n) is 10.6. The fourth-order valence-electron chi connectivity index (χ4n) is 7.30. The monoisotopic (exact) mass is 746 g/mol. The number of carbonyl (C=O) groups excluding carboxylic acids is 3. The molecule has 4 aliphatic rings. The number of nitrogens with zero attached hydrogens (tertiary/aromatic N) is 3. The van der Waals surface area contributed by atoms with Gasteiger partial charge in [-0.3, -0.25) is 9.59 Å². The third kappa shape index (κ3) is 7.90. The number of ether oxygens (including phenoxy) is 3. The number of hydrogen-bond donors (Lipinski definition) is 4. The number of methoxy groups -OCH3 is 1. The predicted molar refractivity (Wildman–Crippen MR) is 198 cm³/mol. The number of nitrogens with one attached hydrogen (secondary N) is 3. The Kier molecular flexibility index (Phi) is 10.7. The molecule has 2 saturated carbocycles. The van der Waals surface area contributed by atoms with Crippen molar-refractivity contribution in [1.82, 2.24) is 25.5 Å². The van der Waals surface area contributed by atoms with Crippen LogP contribution in [0.25, 0.3) is 22.3 Å². The molecule has 2 aromatic heterocycles. The van der Waals surface area contributed by atoms with Crippen LogP contribution in [0.3, 0.4) is 0 Å². The molecule has 3 fully saturated rings. The minimum Gasteiger partial charge on any atom is -0.497 e. The highest BCUT2D eigenvalue weighted by molar-refractivity contribution is 7.14. The maximum absolute atomic E-state index is 14.5. The highest BCUT2D eigenvalue weighted by Gasteiger charge is 2.61. The molecule has 14 nitrogen and oxygen atoms in total. The van der Waals surface area contributed by atoms with Crippen LogP contribution in [-0.4, -0.2) is 93.9 Å². The average Bonchev–Trinajstić information content (AvgIpc) is 3.41. The highest BCUT2D eigenvalue weighted by Crippen LogP contribution is 2.45. The first-order valence-corrected chi connectivity index (χ1v) is 19.4. The number of carbonyl (C=O) groups is 4. The Bertz CT molecular complexity index is 1900. The Morgan fingerprint density at radius 2 is 1.92 bits per heavy atom. The number of aromatic nitrogens is 2. The van der Waals surface area contributed by atoms with Crippen molar-refractivity contribution < 1.29 is 38.5 Å². The lowest BCUT2D eigenvalue weighted by Gasteiger charge is -2.30. The lowest BCUT2D eigenvalue weighted by Crippen LogP contribution is -2.56. The van der Waals surface area contributed by atoms with Crippen LogP contribution < -0.4 is 25.4 Å². The number of amides is 3. The van der Waals surface area contributed by atoms with Gasteiger partial charge in [0.25, 0.3) is 0 Å². The summed E-state index contributed by atoms with van der Waals surface area (Å²) >= 11 is 1.46. The van der Waals surface area contributed by atoms with Crippen molar-refractivity contribution in [1.29, 1.82) is 0 Å². The van der Waals surface area contributed by atoms with Crippen molar-refractivity contribution in [2.24, 2.45) is 5.92 Å². The van der Waals surface area contributed by atoms with E-state index in [1.807, 2.05) is 42.7 Å². The smallest absolute Gasteiger partial charge is 0.408 e. The van der Waals surface area contributed by atoms with E-state index in [9.17, 15) is 24.3 Å². The number of rotatable bonds is 9. The first-order chi connectivity index (χ1) is 25.7. The number of aliphatic carboxylic acids is 1. The van der Waals surface area contributed by atoms with Crippen LogP contribution in [0, 0.1) is 5.92 Å². The molecule has 2 unspecified atom stereocenters. The van der Waals surface area contributed by atoms with Crippen molar-refractivity contribution in [2.75, 3.05) is 25.5 Å². The van der Waals surface area contributed by atoms with Gasteiger partial charge in [-0.15, -0.1) is 11.3 Å². The van der Waals surface area contributed by atoms with E-state index in [-0.39, 0.29) is 31.4 Å². The minimum absolute atomic E-state index is 0.0345. The number of pyridine rings is 1. The van der Waals surface area contributed by atoms with Crippen LogP contribution in [0.15, 0.2) is 41.8 Å². The van der Waals surface area contributed by atoms with Crippen LogP contribution >= 0.6 is 11.3 Å². The molecule has 0 bridgehead atoms. The third-order valence-corrected chi connectivity index (χ3v) is 11.4.